The summed E-state index contributed by atoms with van der Waals surface area (Å²) in [5.74, 6) is -1.24. The molecule has 1 N–H and O–H groups in total. The third-order valence-corrected chi connectivity index (χ3v) is 4.36. The van der Waals surface area contributed by atoms with Gasteiger partial charge in [0.1, 0.15) is 6.61 Å². The molecule has 2 rings (SSSR count). The van der Waals surface area contributed by atoms with Crippen LogP contribution in [0.5, 0.6) is 0 Å². The zero-order valence-electron chi connectivity index (χ0n) is 13.5. The highest BCUT2D eigenvalue weighted by Crippen LogP contribution is 2.40. The lowest BCUT2D eigenvalue weighted by atomic mass is 9.84. The fourth-order valence-electron chi connectivity index (χ4n) is 2.68. The van der Waals surface area contributed by atoms with Gasteiger partial charge in [-0.1, -0.05) is 29.3 Å². The fourth-order valence-corrected chi connectivity index (χ4v) is 3.34. The number of amides is 1. The van der Waals surface area contributed by atoms with Gasteiger partial charge in [-0.05, 0) is 31.5 Å². The number of hydrogen-bond acceptors (Lipinski definition) is 4. The molecule has 24 heavy (non-hydrogen) atoms. The van der Waals surface area contributed by atoms with Crippen LogP contribution in [0.25, 0.3) is 0 Å². The van der Waals surface area contributed by atoms with Gasteiger partial charge in [-0.3, -0.25) is 4.79 Å². The third-order valence-electron chi connectivity index (χ3n) is 3.70. The summed E-state index contributed by atoms with van der Waals surface area (Å²) in [4.78, 5) is 24.5. The van der Waals surface area contributed by atoms with Crippen molar-refractivity contribution in [2.75, 3.05) is 19.8 Å². The van der Waals surface area contributed by atoms with Gasteiger partial charge in [0.05, 0.1) is 12.2 Å². The first-order valence-corrected chi connectivity index (χ1v) is 8.40. The summed E-state index contributed by atoms with van der Waals surface area (Å²) in [7, 11) is 0. The summed E-state index contributed by atoms with van der Waals surface area (Å²) < 4.78 is 10.4. The predicted octanol–water partition coefficient (Wildman–Crippen LogP) is 3.45. The summed E-state index contributed by atoms with van der Waals surface area (Å²) >= 11 is 12.5. The van der Waals surface area contributed by atoms with Crippen LogP contribution in [0.4, 0.5) is 0 Å². The molecule has 1 heterocycles. The molecule has 1 atom stereocenters. The van der Waals surface area contributed by atoms with Gasteiger partial charge in [0.2, 0.25) is 5.91 Å². The van der Waals surface area contributed by atoms with Gasteiger partial charge in [-0.15, -0.1) is 0 Å². The number of rotatable bonds is 6. The highest BCUT2D eigenvalue weighted by Gasteiger charge is 2.35. The molecule has 130 valence electrons. The number of ether oxygens (including phenoxy) is 2. The van der Waals surface area contributed by atoms with Crippen LogP contribution in [0.1, 0.15) is 31.7 Å². The molecule has 0 saturated heterocycles. The Hall–Kier alpha value is -1.56. The number of allylic oxidation sites excluding steroid dienone is 1. The van der Waals surface area contributed by atoms with Crippen molar-refractivity contribution in [3.05, 3.63) is 45.1 Å². The number of hydrogen-bond donors (Lipinski definition) is 1. The molecule has 0 saturated carbocycles. The van der Waals surface area contributed by atoms with Gasteiger partial charge >= 0.3 is 5.97 Å². The molecule has 1 aromatic rings. The van der Waals surface area contributed by atoms with E-state index in [4.69, 9.17) is 32.7 Å². The van der Waals surface area contributed by atoms with Crippen LogP contribution in [0, 0.1) is 0 Å². The van der Waals surface area contributed by atoms with Gasteiger partial charge in [-0.25, -0.2) is 4.79 Å². The molecule has 0 bridgehead atoms. The third kappa shape index (κ3) is 4.29. The van der Waals surface area contributed by atoms with Crippen LogP contribution in [-0.4, -0.2) is 31.7 Å². The number of nitrogens with one attached hydrogen (secondary N) is 1. The maximum Gasteiger partial charge on any atom is 0.336 e. The van der Waals surface area contributed by atoms with E-state index in [0.717, 1.165) is 0 Å². The first-order valence-electron chi connectivity index (χ1n) is 7.65. The lowest BCUT2D eigenvalue weighted by Gasteiger charge is -2.27. The van der Waals surface area contributed by atoms with Gasteiger partial charge in [-0.2, -0.15) is 0 Å². The normalized spacial score (nSPS) is 17.7. The van der Waals surface area contributed by atoms with E-state index in [1.165, 1.54) is 0 Å². The molecule has 0 fully saturated rings. The van der Waals surface area contributed by atoms with Crippen molar-refractivity contribution in [3.63, 3.8) is 0 Å². The van der Waals surface area contributed by atoms with Crippen molar-refractivity contribution in [1.82, 2.24) is 5.32 Å². The van der Waals surface area contributed by atoms with Crippen molar-refractivity contribution >= 4 is 35.1 Å². The second-order valence-corrected chi connectivity index (χ2v) is 6.13. The predicted molar refractivity (Wildman–Crippen MR) is 92.1 cm³/mol. The zero-order valence-corrected chi connectivity index (χ0v) is 15.0. The maximum atomic E-state index is 12.5. The molecule has 0 unspecified atom stereocenters. The van der Waals surface area contributed by atoms with Gasteiger partial charge < -0.3 is 14.8 Å². The van der Waals surface area contributed by atoms with Crippen molar-refractivity contribution < 1.29 is 19.1 Å². The smallest absolute Gasteiger partial charge is 0.336 e. The standard InChI is InChI=1S/C17H19Cl2NO4/c1-3-23-7-8-24-17(22)15-10(2)20-14(21)9-11(15)16-12(18)5-4-6-13(16)19/h4-6,11H,3,7-9H2,1-2H3,(H,20,21)/t11-/m0/s1. The summed E-state index contributed by atoms with van der Waals surface area (Å²) in [6, 6.07) is 5.08. The van der Waals surface area contributed by atoms with Crippen molar-refractivity contribution in [3.8, 4) is 0 Å². The first-order chi connectivity index (χ1) is 11.5. The largest absolute Gasteiger partial charge is 0.460 e. The quantitative estimate of drug-likeness (QED) is 0.614. The minimum Gasteiger partial charge on any atom is -0.460 e. The molecule has 7 heteroatoms. The Morgan fingerprint density at radius 1 is 1.29 bits per heavy atom. The molecule has 0 aromatic heterocycles. The molecule has 0 aliphatic carbocycles. The topological polar surface area (TPSA) is 64.6 Å². The maximum absolute atomic E-state index is 12.5. The molecular weight excluding hydrogens is 353 g/mol. The van der Waals surface area contributed by atoms with Crippen LogP contribution in [0.15, 0.2) is 29.5 Å². The Morgan fingerprint density at radius 2 is 1.96 bits per heavy atom. The van der Waals surface area contributed by atoms with E-state index in [1.54, 1.807) is 25.1 Å². The number of carbonyl (C=O) groups excluding carboxylic acids is 2. The van der Waals surface area contributed by atoms with Crippen molar-refractivity contribution in [2.24, 2.45) is 0 Å². The fraction of sp³-hybridized carbons (Fsp3) is 0.412. The van der Waals surface area contributed by atoms with Crippen molar-refractivity contribution in [2.45, 2.75) is 26.2 Å². The van der Waals surface area contributed by atoms with Crippen LogP contribution in [-0.2, 0) is 19.1 Å². The van der Waals surface area contributed by atoms with Gasteiger partial charge in [0, 0.05) is 34.7 Å². The molecular formula is C17H19Cl2NO4. The number of esters is 1. The second kappa shape index (κ2) is 8.51. The second-order valence-electron chi connectivity index (χ2n) is 5.31. The summed E-state index contributed by atoms with van der Waals surface area (Å²) in [5, 5.41) is 3.50. The highest BCUT2D eigenvalue weighted by atomic mass is 35.5. The number of carbonyl (C=O) groups is 2. The SMILES string of the molecule is CCOCCOC(=O)C1=C(C)NC(=O)C[C@@H]1c1c(Cl)cccc1Cl. The van der Waals surface area contributed by atoms with Crippen LogP contribution in [0.2, 0.25) is 10.0 Å². The molecule has 1 aliphatic rings. The van der Waals surface area contributed by atoms with Crippen LogP contribution >= 0.6 is 23.2 Å². The Kier molecular flexibility index (Phi) is 6.66. The van der Waals surface area contributed by atoms with Crippen molar-refractivity contribution in [1.29, 1.82) is 0 Å². The number of halogens is 2. The minimum atomic E-state index is -0.542. The zero-order chi connectivity index (χ0) is 17.7. The van der Waals surface area contributed by atoms with Crippen LogP contribution < -0.4 is 5.32 Å². The Labute approximate surface area is 150 Å². The average Bonchev–Trinajstić information content (AvgIpc) is 2.50. The molecule has 0 spiro atoms. The summed E-state index contributed by atoms with van der Waals surface area (Å²) in [6.07, 6.45) is 0.0800. The number of benzene rings is 1. The Bertz CT molecular complexity index is 652. The Balaban J connectivity index is 2.32. The van der Waals surface area contributed by atoms with Gasteiger partial charge in [0.15, 0.2) is 0 Å². The average molecular weight is 372 g/mol. The van der Waals surface area contributed by atoms with E-state index in [-0.39, 0.29) is 18.9 Å². The molecule has 1 aromatic carbocycles. The molecule has 1 amide bonds. The minimum absolute atomic E-state index is 0.0800. The van der Waals surface area contributed by atoms with E-state index >= 15 is 0 Å². The molecule has 1 aliphatic heterocycles. The van der Waals surface area contributed by atoms with E-state index in [9.17, 15) is 9.59 Å². The molecule has 0 radical (unpaired) electrons. The monoisotopic (exact) mass is 371 g/mol. The van der Waals surface area contributed by atoms with E-state index < -0.39 is 11.9 Å². The first kappa shape index (κ1) is 18.8. The van der Waals surface area contributed by atoms with Gasteiger partial charge in [0.25, 0.3) is 0 Å². The summed E-state index contributed by atoms with van der Waals surface area (Å²) in [5.41, 5.74) is 1.38. The van der Waals surface area contributed by atoms with E-state index in [2.05, 4.69) is 5.32 Å². The van der Waals surface area contributed by atoms with E-state index in [1.807, 2.05) is 6.92 Å². The Morgan fingerprint density at radius 3 is 2.58 bits per heavy atom. The van der Waals surface area contributed by atoms with E-state index in [0.29, 0.717) is 40.1 Å². The lowest BCUT2D eigenvalue weighted by Crippen LogP contribution is -2.34. The highest BCUT2D eigenvalue weighted by molar-refractivity contribution is 6.36. The summed E-state index contributed by atoms with van der Waals surface area (Å²) in [6.45, 7) is 4.53. The molecule has 5 nitrogen and oxygen atoms in total. The van der Waals surface area contributed by atoms with Crippen LogP contribution in [0.3, 0.4) is 0 Å². The lowest BCUT2D eigenvalue weighted by molar-refractivity contribution is -0.141.